The smallest absolute Gasteiger partial charge is 0.0144 e. The largest absolute Gasteiger partial charge is 0.0996 e. The molecule has 0 N–H and O–H groups in total. The van der Waals surface area contributed by atoms with Gasteiger partial charge in [0.1, 0.15) is 0 Å². The summed E-state index contributed by atoms with van der Waals surface area (Å²) in [5, 5.41) is 0. The van der Waals surface area contributed by atoms with Crippen LogP contribution in [0, 0.1) is 29.1 Å². The molecule has 0 spiro atoms. The molecule has 0 aromatic heterocycles. The van der Waals surface area contributed by atoms with E-state index in [0.29, 0.717) is 5.41 Å². The third-order valence-corrected chi connectivity index (χ3v) is 7.92. The van der Waals surface area contributed by atoms with Gasteiger partial charge in [0.25, 0.3) is 0 Å². The van der Waals surface area contributed by atoms with Crippen molar-refractivity contribution in [2.75, 3.05) is 0 Å². The summed E-state index contributed by atoms with van der Waals surface area (Å²) in [6, 6.07) is 0. The second-order valence-corrected chi connectivity index (χ2v) is 9.09. The van der Waals surface area contributed by atoms with Crippen molar-refractivity contribution in [2.45, 2.75) is 97.3 Å². The van der Waals surface area contributed by atoms with Crippen molar-refractivity contribution >= 4 is 0 Å². The first kappa shape index (κ1) is 16.6. The average Bonchev–Trinajstić information content (AvgIpc) is 2.79. The van der Waals surface area contributed by atoms with E-state index in [1.165, 1.54) is 83.5 Å². The maximum Gasteiger partial charge on any atom is -0.0144 e. The minimum absolute atomic E-state index is 0.626. The van der Waals surface area contributed by atoms with Gasteiger partial charge in [0, 0.05) is 0 Å². The van der Waals surface area contributed by atoms with E-state index in [9.17, 15) is 0 Å². The molecular weight excluding hydrogens is 264 g/mol. The summed E-state index contributed by atoms with van der Waals surface area (Å²) in [5.41, 5.74) is 2.27. The minimum Gasteiger partial charge on any atom is -0.0996 e. The lowest BCUT2D eigenvalue weighted by atomic mass is 9.55. The van der Waals surface area contributed by atoms with Crippen molar-refractivity contribution in [2.24, 2.45) is 29.1 Å². The zero-order valence-corrected chi connectivity index (χ0v) is 15.2. The van der Waals surface area contributed by atoms with Crippen LogP contribution in [0.1, 0.15) is 97.3 Å². The van der Waals surface area contributed by atoms with E-state index in [0.717, 1.165) is 23.7 Å². The zero-order valence-electron chi connectivity index (χ0n) is 15.2. The Morgan fingerprint density at radius 3 is 2.32 bits per heavy atom. The van der Waals surface area contributed by atoms with Crippen LogP contribution in [0.3, 0.4) is 0 Å². The molecule has 0 aliphatic heterocycles. The Kier molecular flexibility index (Phi) is 5.35. The summed E-state index contributed by atoms with van der Waals surface area (Å²) >= 11 is 0. The Bertz CT molecular complexity index is 381. The van der Waals surface area contributed by atoms with Gasteiger partial charge in [-0.25, -0.2) is 0 Å². The molecule has 0 heteroatoms. The molecule has 0 bridgehead atoms. The second-order valence-electron chi connectivity index (χ2n) is 9.09. The number of hydrogen-bond acceptors (Lipinski definition) is 0. The summed E-state index contributed by atoms with van der Waals surface area (Å²) in [6.07, 6.45) is 19.0. The molecule has 3 rings (SSSR count). The molecule has 0 nitrogen and oxygen atoms in total. The maximum atomic E-state index is 4.64. The fourth-order valence-electron chi connectivity index (χ4n) is 6.23. The zero-order chi connectivity index (χ0) is 15.6. The van der Waals surface area contributed by atoms with Crippen molar-refractivity contribution < 1.29 is 0 Å². The van der Waals surface area contributed by atoms with E-state index >= 15 is 0 Å². The maximum absolute atomic E-state index is 4.64. The van der Waals surface area contributed by atoms with Crippen LogP contribution in [0.25, 0.3) is 0 Å². The SMILES string of the molecule is C=C1CCCCCCCCCC2CC[C@@]3(C)C(CC[C@@H]3C)C12. The highest BCUT2D eigenvalue weighted by Crippen LogP contribution is 2.61. The van der Waals surface area contributed by atoms with Gasteiger partial charge in [0.05, 0.1) is 0 Å². The van der Waals surface area contributed by atoms with Crippen molar-refractivity contribution in [3.63, 3.8) is 0 Å². The number of fused-ring (bicyclic) bond motifs is 3. The van der Waals surface area contributed by atoms with E-state index in [2.05, 4.69) is 20.4 Å². The topological polar surface area (TPSA) is 0 Å². The Balaban J connectivity index is 1.77. The summed E-state index contributed by atoms with van der Waals surface area (Å²) in [7, 11) is 0. The molecule has 0 aromatic carbocycles. The fraction of sp³-hybridized carbons (Fsp3) is 0.909. The van der Waals surface area contributed by atoms with E-state index in [4.69, 9.17) is 0 Å². The lowest BCUT2D eigenvalue weighted by Gasteiger charge is -2.49. The number of rotatable bonds is 0. The standard InChI is InChI=1S/C22H38/c1-17-11-9-7-5-4-6-8-10-12-19-15-16-22(3)18(2)13-14-20(22)21(17)19/h18-21H,1,4-16H2,2-3H3/t18-,19?,20?,21?,22+/m0/s1. The molecule has 3 aliphatic carbocycles. The van der Waals surface area contributed by atoms with Crippen molar-refractivity contribution in [1.29, 1.82) is 0 Å². The number of hydrogen-bond donors (Lipinski definition) is 0. The predicted octanol–water partition coefficient (Wildman–Crippen LogP) is 7.15. The van der Waals surface area contributed by atoms with E-state index in [1.807, 2.05) is 0 Å². The minimum atomic E-state index is 0.626. The van der Waals surface area contributed by atoms with Crippen LogP contribution in [0.5, 0.6) is 0 Å². The summed E-state index contributed by atoms with van der Waals surface area (Å²) in [5.74, 6) is 3.72. The summed E-state index contributed by atoms with van der Waals surface area (Å²) < 4.78 is 0. The molecule has 3 saturated carbocycles. The Morgan fingerprint density at radius 2 is 1.55 bits per heavy atom. The Morgan fingerprint density at radius 1 is 0.864 bits per heavy atom. The van der Waals surface area contributed by atoms with Crippen LogP contribution in [0.2, 0.25) is 0 Å². The van der Waals surface area contributed by atoms with Gasteiger partial charge in [0.2, 0.25) is 0 Å². The average molecular weight is 303 g/mol. The highest BCUT2D eigenvalue weighted by molar-refractivity contribution is 5.13. The van der Waals surface area contributed by atoms with E-state index in [-0.39, 0.29) is 0 Å². The first-order valence-corrected chi connectivity index (χ1v) is 10.3. The molecule has 126 valence electrons. The van der Waals surface area contributed by atoms with Crippen LogP contribution in [0.4, 0.5) is 0 Å². The van der Waals surface area contributed by atoms with Gasteiger partial charge in [-0.05, 0) is 74.0 Å². The van der Waals surface area contributed by atoms with Gasteiger partial charge >= 0.3 is 0 Å². The van der Waals surface area contributed by atoms with E-state index in [1.54, 1.807) is 5.57 Å². The molecule has 3 fully saturated rings. The first-order valence-electron chi connectivity index (χ1n) is 10.3. The molecule has 3 unspecified atom stereocenters. The summed E-state index contributed by atoms with van der Waals surface area (Å²) in [4.78, 5) is 0. The van der Waals surface area contributed by atoms with Gasteiger partial charge in [-0.1, -0.05) is 64.5 Å². The van der Waals surface area contributed by atoms with Crippen molar-refractivity contribution in [3.8, 4) is 0 Å². The Hall–Kier alpha value is -0.260. The van der Waals surface area contributed by atoms with Gasteiger partial charge in [-0.2, -0.15) is 0 Å². The first-order chi connectivity index (χ1) is 10.6. The van der Waals surface area contributed by atoms with Crippen molar-refractivity contribution in [3.05, 3.63) is 12.2 Å². The Labute approximate surface area is 139 Å². The van der Waals surface area contributed by atoms with Crippen molar-refractivity contribution in [1.82, 2.24) is 0 Å². The summed E-state index contributed by atoms with van der Waals surface area (Å²) in [6.45, 7) is 9.79. The molecule has 5 atom stereocenters. The van der Waals surface area contributed by atoms with E-state index < -0.39 is 0 Å². The molecule has 0 radical (unpaired) electrons. The van der Waals surface area contributed by atoms with Gasteiger partial charge in [-0.3, -0.25) is 0 Å². The quantitative estimate of drug-likeness (QED) is 0.417. The molecule has 0 aromatic rings. The molecule has 0 amide bonds. The molecule has 0 heterocycles. The fourth-order valence-corrected chi connectivity index (χ4v) is 6.23. The highest BCUT2D eigenvalue weighted by atomic mass is 14.6. The molecule has 22 heavy (non-hydrogen) atoms. The third kappa shape index (κ3) is 3.17. The predicted molar refractivity (Wildman–Crippen MR) is 96.9 cm³/mol. The molecule has 3 aliphatic rings. The molecular formula is C22H38. The lowest BCUT2D eigenvalue weighted by molar-refractivity contribution is 0.0282. The third-order valence-electron chi connectivity index (χ3n) is 7.92. The van der Waals surface area contributed by atoms with Crippen LogP contribution >= 0.6 is 0 Å². The monoisotopic (exact) mass is 302 g/mol. The normalized spacial score (nSPS) is 44.5. The highest BCUT2D eigenvalue weighted by Gasteiger charge is 2.52. The van der Waals surface area contributed by atoms with Crippen LogP contribution in [-0.4, -0.2) is 0 Å². The van der Waals surface area contributed by atoms with Gasteiger partial charge < -0.3 is 0 Å². The van der Waals surface area contributed by atoms with Crippen LogP contribution in [0.15, 0.2) is 12.2 Å². The van der Waals surface area contributed by atoms with Gasteiger partial charge in [-0.15, -0.1) is 0 Å². The second kappa shape index (κ2) is 7.10. The molecule has 0 saturated heterocycles. The van der Waals surface area contributed by atoms with Crippen LogP contribution < -0.4 is 0 Å². The van der Waals surface area contributed by atoms with Crippen LogP contribution in [-0.2, 0) is 0 Å². The van der Waals surface area contributed by atoms with Gasteiger partial charge in [0.15, 0.2) is 0 Å². The lowest BCUT2D eigenvalue weighted by Crippen LogP contribution is -2.41. The number of allylic oxidation sites excluding steroid dienone is 1.